The Morgan fingerprint density at radius 2 is 2.08 bits per heavy atom. The van der Waals surface area contributed by atoms with Gasteiger partial charge in [0.2, 0.25) is 0 Å². The van der Waals surface area contributed by atoms with Crippen LogP contribution >= 0.6 is 24.0 Å². The van der Waals surface area contributed by atoms with Gasteiger partial charge in [-0.2, -0.15) is 0 Å². The van der Waals surface area contributed by atoms with Gasteiger partial charge in [-0.05, 0) is 40.0 Å². The van der Waals surface area contributed by atoms with Crippen molar-refractivity contribution in [2.45, 2.75) is 26.4 Å². The number of ether oxygens (including phenoxy) is 1. The summed E-state index contributed by atoms with van der Waals surface area (Å²) in [4.78, 5) is 6.65. The number of aryl methyl sites for hydroxylation is 1. The molecule has 3 N–H and O–H groups in total. The van der Waals surface area contributed by atoms with E-state index in [1.165, 1.54) is 0 Å². The first-order valence-electron chi connectivity index (χ1n) is 8.38. The summed E-state index contributed by atoms with van der Waals surface area (Å²) in [7, 11) is 3.75. The van der Waals surface area contributed by atoms with Gasteiger partial charge in [-0.3, -0.25) is 0 Å². The van der Waals surface area contributed by atoms with Crippen molar-refractivity contribution < 1.29 is 14.3 Å². The van der Waals surface area contributed by atoms with Crippen LogP contribution in [-0.2, 0) is 10.3 Å². The molecule has 8 heteroatoms. The van der Waals surface area contributed by atoms with E-state index in [4.69, 9.17) is 9.15 Å². The Morgan fingerprint density at radius 1 is 1.36 bits per heavy atom. The molecule has 1 unspecified atom stereocenters. The van der Waals surface area contributed by atoms with E-state index in [1.54, 1.807) is 20.1 Å². The molecule has 0 amide bonds. The van der Waals surface area contributed by atoms with Crippen molar-refractivity contribution in [1.82, 2.24) is 15.5 Å². The quantitative estimate of drug-likeness (QED) is 0.275. The highest BCUT2D eigenvalue weighted by Gasteiger charge is 2.26. The van der Waals surface area contributed by atoms with Crippen LogP contribution in [0.5, 0.6) is 0 Å². The topological polar surface area (TPSA) is 82.3 Å². The van der Waals surface area contributed by atoms with E-state index < -0.39 is 5.60 Å². The third-order valence-electron chi connectivity index (χ3n) is 3.62. The minimum Gasteiger partial charge on any atom is -0.463 e. The smallest absolute Gasteiger partial charge is 0.191 e. The van der Waals surface area contributed by atoms with Crippen molar-refractivity contribution in [2.75, 3.05) is 53.5 Å². The molecule has 0 saturated carbocycles. The lowest BCUT2D eigenvalue weighted by atomic mass is 10.0. The van der Waals surface area contributed by atoms with Gasteiger partial charge in [-0.15, -0.1) is 24.0 Å². The van der Waals surface area contributed by atoms with Crippen LogP contribution in [0, 0.1) is 6.92 Å². The molecule has 0 aromatic carbocycles. The monoisotopic (exact) mass is 468 g/mol. The van der Waals surface area contributed by atoms with Crippen LogP contribution in [-0.4, -0.2) is 69.5 Å². The van der Waals surface area contributed by atoms with Crippen LogP contribution in [0.1, 0.15) is 25.4 Å². The van der Waals surface area contributed by atoms with E-state index in [2.05, 4.69) is 27.6 Å². The number of methoxy groups -OCH3 is 1. The minimum absolute atomic E-state index is 0. The number of hydrogen-bond acceptors (Lipinski definition) is 5. The summed E-state index contributed by atoms with van der Waals surface area (Å²) < 4.78 is 10.6. The summed E-state index contributed by atoms with van der Waals surface area (Å²) in [5.74, 6) is 1.98. The first-order chi connectivity index (χ1) is 11.4. The highest BCUT2D eigenvalue weighted by atomic mass is 127. The van der Waals surface area contributed by atoms with E-state index in [-0.39, 0.29) is 30.5 Å². The lowest BCUT2D eigenvalue weighted by Gasteiger charge is -2.20. The van der Waals surface area contributed by atoms with Gasteiger partial charge in [0, 0.05) is 33.3 Å². The molecule has 7 nitrogen and oxygen atoms in total. The number of guanidine groups is 1. The Labute approximate surface area is 168 Å². The molecule has 146 valence electrons. The summed E-state index contributed by atoms with van der Waals surface area (Å²) in [6.07, 6.45) is 0. The molecule has 0 saturated heterocycles. The second kappa shape index (κ2) is 12.5. The molecule has 0 fully saturated rings. The third-order valence-corrected chi connectivity index (χ3v) is 3.62. The standard InChI is InChI=1S/C17H32N4O3.HI/c1-6-18-16(19-9-10-21(4)11-12-23-5)20-13-17(3,22)15-8-7-14(2)24-15;/h7-8,22H,6,9-13H2,1-5H3,(H2,18,19,20);1H. The highest BCUT2D eigenvalue weighted by molar-refractivity contribution is 14.0. The molecule has 25 heavy (non-hydrogen) atoms. The zero-order valence-electron chi connectivity index (χ0n) is 16.0. The molecule has 0 aliphatic carbocycles. The van der Waals surface area contributed by atoms with E-state index in [0.717, 1.165) is 38.5 Å². The largest absolute Gasteiger partial charge is 0.463 e. The Kier molecular flexibility index (Phi) is 12.1. The van der Waals surface area contributed by atoms with Crippen LogP contribution in [0.2, 0.25) is 0 Å². The maximum absolute atomic E-state index is 10.5. The van der Waals surface area contributed by atoms with Crippen molar-refractivity contribution in [3.05, 3.63) is 23.7 Å². The van der Waals surface area contributed by atoms with Crippen LogP contribution in [0.15, 0.2) is 21.5 Å². The number of nitrogens with one attached hydrogen (secondary N) is 2. The number of halogens is 1. The molecule has 1 heterocycles. The van der Waals surface area contributed by atoms with Crippen molar-refractivity contribution in [3.8, 4) is 0 Å². The number of rotatable bonds is 10. The van der Waals surface area contributed by atoms with Crippen LogP contribution < -0.4 is 10.6 Å². The van der Waals surface area contributed by atoms with Gasteiger partial charge in [-0.1, -0.05) is 0 Å². The normalized spacial score (nSPS) is 14.1. The van der Waals surface area contributed by atoms with Crippen LogP contribution in [0.3, 0.4) is 0 Å². The zero-order valence-corrected chi connectivity index (χ0v) is 18.3. The Morgan fingerprint density at radius 3 is 2.64 bits per heavy atom. The number of likely N-dealkylation sites (N-methyl/N-ethyl adjacent to an activating group) is 1. The van der Waals surface area contributed by atoms with Crippen LogP contribution in [0.25, 0.3) is 0 Å². The maximum Gasteiger partial charge on any atom is 0.191 e. The predicted molar refractivity (Wildman–Crippen MR) is 112 cm³/mol. The second-order valence-electron chi connectivity index (χ2n) is 6.10. The van der Waals surface area contributed by atoms with E-state index in [9.17, 15) is 5.11 Å². The summed E-state index contributed by atoms with van der Waals surface area (Å²) in [6.45, 7) is 9.79. The van der Waals surface area contributed by atoms with Crippen molar-refractivity contribution in [2.24, 2.45) is 4.99 Å². The SMILES string of the molecule is CCNC(=NCC(C)(O)c1ccc(C)o1)NCCN(C)CCOC.I. The zero-order chi connectivity index (χ0) is 18.0. The molecular weight excluding hydrogens is 435 g/mol. The maximum atomic E-state index is 10.5. The summed E-state index contributed by atoms with van der Waals surface area (Å²) in [5.41, 5.74) is -1.13. The predicted octanol–water partition coefficient (Wildman–Crippen LogP) is 1.55. The number of nitrogens with zero attached hydrogens (tertiary/aromatic N) is 2. The van der Waals surface area contributed by atoms with Crippen LogP contribution in [0.4, 0.5) is 0 Å². The van der Waals surface area contributed by atoms with E-state index >= 15 is 0 Å². The number of furan rings is 1. The fourth-order valence-electron chi connectivity index (χ4n) is 2.10. The van der Waals surface area contributed by atoms with Gasteiger partial charge in [0.25, 0.3) is 0 Å². The second-order valence-corrected chi connectivity index (χ2v) is 6.10. The van der Waals surface area contributed by atoms with Gasteiger partial charge in [0.05, 0.1) is 13.2 Å². The average Bonchev–Trinajstić information content (AvgIpc) is 2.98. The lowest BCUT2D eigenvalue weighted by Crippen LogP contribution is -2.42. The molecule has 0 bridgehead atoms. The number of hydrogen-bond donors (Lipinski definition) is 3. The third kappa shape index (κ3) is 9.43. The van der Waals surface area contributed by atoms with Gasteiger partial charge in [0.1, 0.15) is 17.1 Å². The fourth-order valence-corrected chi connectivity index (χ4v) is 2.10. The Balaban J connectivity index is 0.00000576. The molecule has 0 aliphatic heterocycles. The summed E-state index contributed by atoms with van der Waals surface area (Å²) in [5, 5.41) is 17.0. The molecule has 1 rings (SSSR count). The van der Waals surface area contributed by atoms with E-state index in [1.807, 2.05) is 19.9 Å². The van der Waals surface area contributed by atoms with Gasteiger partial charge in [0.15, 0.2) is 5.96 Å². The number of aliphatic hydroxyl groups is 1. The molecule has 0 radical (unpaired) electrons. The first-order valence-corrected chi connectivity index (χ1v) is 8.38. The summed E-state index contributed by atoms with van der Waals surface area (Å²) >= 11 is 0. The highest BCUT2D eigenvalue weighted by Crippen LogP contribution is 2.22. The van der Waals surface area contributed by atoms with Crippen molar-refractivity contribution >= 4 is 29.9 Å². The lowest BCUT2D eigenvalue weighted by molar-refractivity contribution is 0.0428. The molecule has 1 aromatic rings. The molecule has 1 atom stereocenters. The van der Waals surface area contributed by atoms with Gasteiger partial charge < -0.3 is 29.8 Å². The number of aliphatic imine (C=N–C) groups is 1. The summed E-state index contributed by atoms with van der Waals surface area (Å²) in [6, 6.07) is 3.63. The van der Waals surface area contributed by atoms with Gasteiger partial charge in [-0.25, -0.2) is 4.99 Å². The van der Waals surface area contributed by atoms with E-state index in [0.29, 0.717) is 11.7 Å². The average molecular weight is 468 g/mol. The Bertz CT molecular complexity index is 506. The molecule has 0 aliphatic rings. The van der Waals surface area contributed by atoms with Crippen molar-refractivity contribution in [1.29, 1.82) is 0 Å². The molecular formula is C17H33IN4O3. The first kappa shape index (κ1) is 24.2. The fraction of sp³-hybridized carbons (Fsp3) is 0.706. The molecule has 0 spiro atoms. The van der Waals surface area contributed by atoms with Gasteiger partial charge >= 0.3 is 0 Å². The Hall–Kier alpha value is -0.840. The minimum atomic E-state index is -1.13. The van der Waals surface area contributed by atoms with Crippen molar-refractivity contribution in [3.63, 3.8) is 0 Å². The molecule has 1 aromatic heterocycles.